The SMILES string of the molecule is CC(Cc1ccccc1)(OCc1cnc(N2CC3(COC3)C2)nc1)c1ccc(OC2CC(N)C2)cc1. The smallest absolute Gasteiger partial charge is 0.225 e. The van der Waals surface area contributed by atoms with Crippen molar-refractivity contribution in [3.8, 4) is 5.75 Å². The van der Waals surface area contributed by atoms with E-state index in [1.54, 1.807) is 0 Å². The van der Waals surface area contributed by atoms with Gasteiger partial charge < -0.3 is 24.8 Å². The number of benzene rings is 2. The molecule has 2 aromatic carbocycles. The molecule has 7 nitrogen and oxygen atoms in total. The van der Waals surface area contributed by atoms with Gasteiger partial charge in [0.05, 0.1) is 30.8 Å². The maximum absolute atomic E-state index is 6.61. The quantitative estimate of drug-likeness (QED) is 0.492. The lowest BCUT2D eigenvalue weighted by Gasteiger charge is -2.54. The third kappa shape index (κ3) is 4.83. The van der Waals surface area contributed by atoms with E-state index in [0.717, 1.165) is 68.4 Å². The van der Waals surface area contributed by atoms with E-state index in [2.05, 4.69) is 58.2 Å². The monoisotopic (exact) mass is 486 g/mol. The van der Waals surface area contributed by atoms with Gasteiger partial charge in [0, 0.05) is 43.5 Å². The molecule has 2 aliphatic heterocycles. The molecule has 7 heteroatoms. The average Bonchev–Trinajstić information content (AvgIpc) is 2.82. The van der Waals surface area contributed by atoms with Crippen molar-refractivity contribution in [1.82, 2.24) is 9.97 Å². The molecule has 3 aromatic rings. The van der Waals surface area contributed by atoms with E-state index in [1.807, 2.05) is 30.6 Å². The van der Waals surface area contributed by atoms with Crippen LogP contribution in [0.4, 0.5) is 5.95 Å². The fourth-order valence-electron chi connectivity index (χ4n) is 5.31. The van der Waals surface area contributed by atoms with Gasteiger partial charge in [0.25, 0.3) is 0 Å². The van der Waals surface area contributed by atoms with Crippen LogP contribution in [0.3, 0.4) is 0 Å². The van der Waals surface area contributed by atoms with E-state index in [0.29, 0.717) is 12.0 Å². The fourth-order valence-corrected chi connectivity index (χ4v) is 5.31. The fraction of sp³-hybridized carbons (Fsp3) is 0.448. The number of hydrogen-bond donors (Lipinski definition) is 1. The maximum atomic E-state index is 6.61. The Morgan fingerprint density at radius 1 is 1.00 bits per heavy atom. The van der Waals surface area contributed by atoms with Crippen LogP contribution in [0.5, 0.6) is 5.75 Å². The zero-order valence-corrected chi connectivity index (χ0v) is 20.8. The van der Waals surface area contributed by atoms with Gasteiger partial charge in [0.1, 0.15) is 11.9 Å². The summed E-state index contributed by atoms with van der Waals surface area (Å²) in [6, 6.07) is 19.0. The Hall–Kier alpha value is -3.00. The Morgan fingerprint density at radius 2 is 1.69 bits per heavy atom. The van der Waals surface area contributed by atoms with Gasteiger partial charge in [0.2, 0.25) is 5.95 Å². The predicted molar refractivity (Wildman–Crippen MR) is 138 cm³/mol. The molecule has 2 N–H and O–H groups in total. The second kappa shape index (κ2) is 9.47. The van der Waals surface area contributed by atoms with Crippen LogP contribution in [0.2, 0.25) is 0 Å². The standard InChI is InChI=1S/C29H34N4O3/c1-28(13-21-5-3-2-4-6-21,23-7-9-25(10-8-23)36-26-11-24(30)12-26)35-16-22-14-31-27(32-15-22)33-17-29(18-33)19-34-20-29/h2-10,14-15,24,26H,11-13,16-20,30H2,1H3. The summed E-state index contributed by atoms with van der Waals surface area (Å²) in [5, 5.41) is 0. The van der Waals surface area contributed by atoms with Gasteiger partial charge in [0.15, 0.2) is 0 Å². The molecule has 0 amide bonds. The van der Waals surface area contributed by atoms with Crippen molar-refractivity contribution < 1.29 is 14.2 Å². The van der Waals surface area contributed by atoms with Crippen LogP contribution in [0.25, 0.3) is 0 Å². The first-order valence-electron chi connectivity index (χ1n) is 12.8. The molecule has 1 aromatic heterocycles. The number of anilines is 1. The first kappa shape index (κ1) is 23.4. The summed E-state index contributed by atoms with van der Waals surface area (Å²) >= 11 is 0. The van der Waals surface area contributed by atoms with Crippen LogP contribution >= 0.6 is 0 Å². The number of aromatic nitrogens is 2. The first-order chi connectivity index (χ1) is 17.5. The Labute approximate surface area is 212 Å². The van der Waals surface area contributed by atoms with E-state index in [4.69, 9.17) is 19.9 Å². The highest BCUT2D eigenvalue weighted by Gasteiger charge is 2.49. The summed E-state index contributed by atoms with van der Waals surface area (Å²) in [5.41, 5.74) is 9.01. The number of nitrogens with two attached hydrogens (primary N) is 1. The minimum atomic E-state index is -0.522. The molecule has 3 fully saturated rings. The van der Waals surface area contributed by atoms with Crippen molar-refractivity contribution in [3.05, 3.63) is 83.7 Å². The molecule has 1 saturated carbocycles. The summed E-state index contributed by atoms with van der Waals surface area (Å²) in [6.45, 7) is 6.25. The number of nitrogens with zero attached hydrogens (tertiary/aromatic N) is 3. The van der Waals surface area contributed by atoms with Crippen LogP contribution in [-0.4, -0.2) is 48.4 Å². The first-order valence-corrected chi connectivity index (χ1v) is 12.8. The van der Waals surface area contributed by atoms with Crippen LogP contribution in [0.15, 0.2) is 67.0 Å². The lowest BCUT2D eigenvalue weighted by Crippen LogP contribution is -2.66. The minimum absolute atomic E-state index is 0.227. The molecule has 0 radical (unpaired) electrons. The van der Waals surface area contributed by atoms with Gasteiger partial charge in [-0.25, -0.2) is 9.97 Å². The van der Waals surface area contributed by atoms with Crippen LogP contribution in [0.1, 0.15) is 36.5 Å². The number of rotatable bonds is 9. The van der Waals surface area contributed by atoms with Crippen LogP contribution < -0.4 is 15.4 Å². The molecule has 1 aliphatic carbocycles. The molecule has 1 atom stereocenters. The van der Waals surface area contributed by atoms with Gasteiger partial charge in [-0.3, -0.25) is 0 Å². The van der Waals surface area contributed by atoms with Gasteiger partial charge in [-0.2, -0.15) is 0 Å². The maximum Gasteiger partial charge on any atom is 0.225 e. The molecule has 2 saturated heterocycles. The third-order valence-electron chi connectivity index (χ3n) is 7.68. The molecular weight excluding hydrogens is 452 g/mol. The van der Waals surface area contributed by atoms with Crippen molar-refractivity contribution in [2.75, 3.05) is 31.2 Å². The predicted octanol–water partition coefficient (Wildman–Crippen LogP) is 3.86. The van der Waals surface area contributed by atoms with E-state index in [9.17, 15) is 0 Å². The molecule has 36 heavy (non-hydrogen) atoms. The summed E-state index contributed by atoms with van der Waals surface area (Å²) < 4.78 is 18.0. The summed E-state index contributed by atoms with van der Waals surface area (Å²) in [4.78, 5) is 11.4. The Morgan fingerprint density at radius 3 is 2.31 bits per heavy atom. The van der Waals surface area contributed by atoms with E-state index < -0.39 is 5.60 Å². The van der Waals surface area contributed by atoms with Gasteiger partial charge >= 0.3 is 0 Å². The van der Waals surface area contributed by atoms with Crippen molar-refractivity contribution >= 4 is 5.95 Å². The molecule has 3 heterocycles. The number of ether oxygens (including phenoxy) is 3. The van der Waals surface area contributed by atoms with Crippen molar-refractivity contribution in [2.24, 2.45) is 11.1 Å². The largest absolute Gasteiger partial charge is 0.490 e. The molecule has 188 valence electrons. The van der Waals surface area contributed by atoms with Crippen molar-refractivity contribution in [1.29, 1.82) is 0 Å². The number of hydrogen-bond acceptors (Lipinski definition) is 7. The van der Waals surface area contributed by atoms with E-state index in [-0.39, 0.29) is 12.1 Å². The second-order valence-corrected chi connectivity index (χ2v) is 10.9. The molecule has 1 unspecified atom stereocenters. The third-order valence-corrected chi connectivity index (χ3v) is 7.68. The summed E-state index contributed by atoms with van der Waals surface area (Å²) in [5.74, 6) is 1.66. The Balaban J connectivity index is 1.13. The van der Waals surface area contributed by atoms with Crippen LogP contribution in [-0.2, 0) is 28.1 Å². The van der Waals surface area contributed by atoms with Crippen molar-refractivity contribution in [3.63, 3.8) is 0 Å². The van der Waals surface area contributed by atoms with Gasteiger partial charge in [-0.05, 0) is 43.0 Å². The van der Waals surface area contributed by atoms with Crippen LogP contribution in [0, 0.1) is 5.41 Å². The van der Waals surface area contributed by atoms with Gasteiger partial charge in [-0.1, -0.05) is 42.5 Å². The average molecular weight is 487 g/mol. The highest BCUT2D eigenvalue weighted by atomic mass is 16.5. The molecule has 6 rings (SSSR count). The Kier molecular flexibility index (Phi) is 6.15. The summed E-state index contributed by atoms with van der Waals surface area (Å²) in [7, 11) is 0. The normalized spacial score (nSPS) is 23.8. The zero-order valence-electron chi connectivity index (χ0n) is 20.8. The lowest BCUT2D eigenvalue weighted by atomic mass is 9.78. The zero-order chi connectivity index (χ0) is 24.6. The summed E-state index contributed by atoms with van der Waals surface area (Å²) in [6.07, 6.45) is 6.59. The molecule has 0 bridgehead atoms. The second-order valence-electron chi connectivity index (χ2n) is 10.9. The molecule has 3 aliphatic rings. The van der Waals surface area contributed by atoms with Crippen molar-refractivity contribution in [2.45, 2.75) is 50.5 Å². The Bertz CT molecular complexity index is 1150. The molecule has 1 spiro atoms. The van der Waals surface area contributed by atoms with E-state index >= 15 is 0 Å². The minimum Gasteiger partial charge on any atom is -0.490 e. The lowest BCUT2D eigenvalue weighted by molar-refractivity contribution is -0.127. The highest BCUT2D eigenvalue weighted by Crippen LogP contribution is 2.39. The van der Waals surface area contributed by atoms with E-state index in [1.165, 1.54) is 5.56 Å². The van der Waals surface area contributed by atoms with Gasteiger partial charge in [-0.15, -0.1) is 0 Å². The molecular formula is C29H34N4O3. The topological polar surface area (TPSA) is 82.7 Å². The highest BCUT2D eigenvalue weighted by molar-refractivity contribution is 5.37.